The predicted molar refractivity (Wildman–Crippen MR) is 168 cm³/mol. The van der Waals surface area contributed by atoms with E-state index in [1.54, 1.807) is 30.2 Å². The molecule has 2 aromatic carbocycles. The van der Waals surface area contributed by atoms with E-state index >= 15 is 0 Å². The van der Waals surface area contributed by atoms with Gasteiger partial charge in [0.1, 0.15) is 21.2 Å². The normalized spacial score (nSPS) is 15.0. The number of aryl methyl sites for hydroxylation is 1. The number of hydrogen-bond donors (Lipinski definition) is 3. The number of carbonyl (C=O) groups is 3. The molecule has 0 fully saturated rings. The Morgan fingerprint density at radius 1 is 1.14 bits per heavy atom. The molecule has 0 atom stereocenters. The van der Waals surface area contributed by atoms with Crippen LogP contribution in [-0.2, 0) is 4.79 Å². The second-order valence-electron chi connectivity index (χ2n) is 10.3. The topological polar surface area (TPSA) is 130 Å². The monoisotopic (exact) mass is 612 g/mol. The third kappa shape index (κ3) is 5.29. The van der Waals surface area contributed by atoms with Crippen LogP contribution >= 0.6 is 11.3 Å². The van der Waals surface area contributed by atoms with E-state index in [0.29, 0.717) is 69.6 Å². The number of hydrogen-bond acceptors (Lipinski definition) is 7. The number of amides is 4. The van der Waals surface area contributed by atoms with E-state index in [9.17, 15) is 18.8 Å². The van der Waals surface area contributed by atoms with E-state index in [4.69, 9.17) is 10.5 Å². The summed E-state index contributed by atoms with van der Waals surface area (Å²) in [6.07, 6.45) is 3.67. The van der Waals surface area contributed by atoms with Crippen LogP contribution in [-0.4, -0.2) is 40.8 Å². The smallest absolute Gasteiger partial charge is 0.331 e. The van der Waals surface area contributed by atoms with Crippen molar-refractivity contribution in [2.45, 2.75) is 26.7 Å². The van der Waals surface area contributed by atoms with Gasteiger partial charge in [-0.3, -0.25) is 14.5 Å². The Bertz CT molecular complexity index is 1870. The van der Waals surface area contributed by atoms with E-state index < -0.39 is 23.7 Å². The minimum Gasteiger partial charge on any atom is -0.457 e. The fourth-order valence-electron chi connectivity index (χ4n) is 5.40. The molecule has 0 bridgehead atoms. The van der Waals surface area contributed by atoms with Crippen LogP contribution in [0.2, 0.25) is 0 Å². The van der Waals surface area contributed by atoms with Gasteiger partial charge in [-0.25, -0.2) is 14.2 Å². The molecule has 0 unspecified atom stereocenters. The van der Waals surface area contributed by atoms with Crippen molar-refractivity contribution in [1.82, 2.24) is 15.2 Å². The summed E-state index contributed by atoms with van der Waals surface area (Å²) in [6, 6.07) is 16.2. The number of urea groups is 1. The number of para-hydroxylation sites is 1. The van der Waals surface area contributed by atoms with Gasteiger partial charge in [0.05, 0.1) is 22.4 Å². The number of anilines is 3. The van der Waals surface area contributed by atoms with Crippen LogP contribution < -0.4 is 26.0 Å². The number of benzene rings is 2. The van der Waals surface area contributed by atoms with Crippen molar-refractivity contribution in [3.05, 3.63) is 94.5 Å². The lowest BCUT2D eigenvalue weighted by atomic mass is 10.1. The molecule has 2 aromatic heterocycles. The van der Waals surface area contributed by atoms with Crippen molar-refractivity contribution < 1.29 is 23.5 Å². The molecule has 6 rings (SSSR count). The second-order valence-corrected chi connectivity index (χ2v) is 11.3. The highest BCUT2D eigenvalue weighted by Crippen LogP contribution is 2.46. The number of rotatable bonds is 7. The fraction of sp³-hybridized carbons (Fsp3) is 0.188. The molecule has 10 nitrogen and oxygen atoms in total. The van der Waals surface area contributed by atoms with Crippen LogP contribution in [0.15, 0.2) is 84.1 Å². The maximum Gasteiger partial charge on any atom is 0.331 e. The lowest BCUT2D eigenvalue weighted by molar-refractivity contribution is -0.127. The predicted octanol–water partition coefficient (Wildman–Crippen LogP) is 6.48. The maximum absolute atomic E-state index is 14.2. The summed E-state index contributed by atoms with van der Waals surface area (Å²) < 4.78 is 20.2. The molecule has 44 heavy (non-hydrogen) atoms. The molecule has 4 heterocycles. The summed E-state index contributed by atoms with van der Waals surface area (Å²) in [7, 11) is 0. The van der Waals surface area contributed by atoms with Crippen LogP contribution in [0.1, 0.15) is 35.0 Å². The van der Waals surface area contributed by atoms with Crippen molar-refractivity contribution in [1.29, 1.82) is 0 Å². The van der Waals surface area contributed by atoms with E-state index in [1.165, 1.54) is 4.90 Å². The summed E-state index contributed by atoms with van der Waals surface area (Å²) in [6.45, 7) is 3.78. The number of halogens is 1. The van der Waals surface area contributed by atoms with E-state index in [1.807, 2.05) is 49.4 Å². The molecule has 0 saturated carbocycles. The largest absolute Gasteiger partial charge is 0.457 e. The highest BCUT2D eigenvalue weighted by Gasteiger charge is 2.34. The molecule has 0 saturated heterocycles. The van der Waals surface area contributed by atoms with Crippen molar-refractivity contribution in [2.24, 2.45) is 5.73 Å². The Balaban J connectivity index is 1.31. The van der Waals surface area contributed by atoms with E-state index in [0.717, 1.165) is 23.0 Å². The number of nitrogens with two attached hydrogens (primary N) is 1. The minimum absolute atomic E-state index is 0.0980. The lowest BCUT2D eigenvalue weighted by Crippen LogP contribution is -2.38. The van der Waals surface area contributed by atoms with Crippen molar-refractivity contribution in [3.8, 4) is 11.5 Å². The lowest BCUT2D eigenvalue weighted by Gasteiger charge is -2.30. The number of aromatic nitrogens is 1. The van der Waals surface area contributed by atoms with Gasteiger partial charge in [-0.2, -0.15) is 0 Å². The van der Waals surface area contributed by atoms with Gasteiger partial charge in [0, 0.05) is 30.7 Å². The summed E-state index contributed by atoms with van der Waals surface area (Å²) in [5.41, 5.74) is 8.74. The average Bonchev–Trinajstić information content (AvgIpc) is 3.39. The van der Waals surface area contributed by atoms with E-state index in [2.05, 4.69) is 15.6 Å². The summed E-state index contributed by atoms with van der Waals surface area (Å²) >= 11 is 1.16. The molecule has 12 heteroatoms. The fourth-order valence-corrected chi connectivity index (χ4v) is 6.41. The summed E-state index contributed by atoms with van der Waals surface area (Å²) in [5.74, 6) is -0.854. The molecule has 224 valence electrons. The standard InChI is InChI=1S/C32H29FN6O4S/c1-18-17-21(43-20-7-4-3-5-8-20)10-11-24(18)39-25-13-15-35-30-26(25)27(37-32(39)42)28(44-30)29(40)36-23-9-6-16-38(19(23)2)31(41)22(33)12-14-34/h3-5,7-8,10-13,15,17H,6,9,14,16,34H2,1-2H3,(H,36,40)(H,37,42)/b22-12-. The Morgan fingerprint density at radius 3 is 2.68 bits per heavy atom. The number of ether oxygens (including phenoxy) is 1. The molecule has 0 radical (unpaired) electrons. The Kier molecular flexibility index (Phi) is 7.85. The van der Waals surface area contributed by atoms with Crippen LogP contribution in [0, 0.1) is 6.92 Å². The molecule has 0 spiro atoms. The van der Waals surface area contributed by atoms with Crippen molar-refractivity contribution in [2.75, 3.05) is 23.3 Å². The van der Waals surface area contributed by atoms with Gasteiger partial charge in [-0.05, 0) is 74.7 Å². The van der Waals surface area contributed by atoms with Gasteiger partial charge < -0.3 is 26.0 Å². The van der Waals surface area contributed by atoms with Gasteiger partial charge in [-0.1, -0.05) is 18.2 Å². The second kappa shape index (κ2) is 11.9. The Hall–Kier alpha value is -5.07. The Labute approximate surface area is 256 Å². The van der Waals surface area contributed by atoms with Gasteiger partial charge in [-0.15, -0.1) is 11.3 Å². The molecular weight excluding hydrogens is 583 g/mol. The SMILES string of the molecule is CC1=C(NC(=O)c2sc3nccc4c3c2NC(=O)N4c2ccc(Oc3ccccc3)cc2C)CCCN1C(=O)/C(F)=C/CN. The molecule has 0 aliphatic carbocycles. The zero-order valence-electron chi connectivity index (χ0n) is 24.0. The number of nitrogens with zero attached hydrogens (tertiary/aromatic N) is 3. The van der Waals surface area contributed by atoms with Crippen molar-refractivity contribution >= 4 is 56.5 Å². The number of pyridine rings is 1. The molecule has 2 aliphatic rings. The van der Waals surface area contributed by atoms with Gasteiger partial charge >= 0.3 is 6.03 Å². The highest BCUT2D eigenvalue weighted by molar-refractivity contribution is 7.21. The maximum atomic E-state index is 14.2. The molecule has 4 aromatic rings. The summed E-state index contributed by atoms with van der Waals surface area (Å²) in [5, 5.41) is 6.45. The number of nitrogens with one attached hydrogen (secondary N) is 2. The van der Waals surface area contributed by atoms with Gasteiger partial charge in [0.2, 0.25) is 0 Å². The Morgan fingerprint density at radius 2 is 1.93 bits per heavy atom. The van der Waals surface area contributed by atoms with Crippen LogP contribution in [0.5, 0.6) is 11.5 Å². The average molecular weight is 613 g/mol. The molecule has 2 aliphatic heterocycles. The highest BCUT2D eigenvalue weighted by atomic mass is 32.1. The van der Waals surface area contributed by atoms with Gasteiger partial charge in [0.25, 0.3) is 11.8 Å². The first-order valence-electron chi connectivity index (χ1n) is 14.0. The minimum atomic E-state index is -0.937. The van der Waals surface area contributed by atoms with E-state index in [-0.39, 0.29) is 11.4 Å². The zero-order chi connectivity index (χ0) is 31.0. The quantitative estimate of drug-likeness (QED) is 0.205. The number of allylic oxidation sites excluding steroid dienone is 2. The third-order valence-electron chi connectivity index (χ3n) is 7.50. The van der Waals surface area contributed by atoms with Crippen LogP contribution in [0.3, 0.4) is 0 Å². The first-order chi connectivity index (χ1) is 21.3. The van der Waals surface area contributed by atoms with Crippen molar-refractivity contribution in [3.63, 3.8) is 0 Å². The van der Waals surface area contributed by atoms with Crippen LogP contribution in [0.4, 0.5) is 26.2 Å². The first-order valence-corrected chi connectivity index (χ1v) is 14.8. The zero-order valence-corrected chi connectivity index (χ0v) is 24.8. The summed E-state index contributed by atoms with van der Waals surface area (Å²) in [4.78, 5) is 48.0. The van der Waals surface area contributed by atoms with Crippen LogP contribution in [0.25, 0.3) is 10.2 Å². The number of carbonyl (C=O) groups excluding carboxylic acids is 3. The molecule has 4 N–H and O–H groups in total. The first kappa shape index (κ1) is 29.0. The molecule has 4 amide bonds. The number of thiophene rings is 1. The molecular formula is C32H29FN6O4S. The third-order valence-corrected chi connectivity index (χ3v) is 8.60. The van der Waals surface area contributed by atoms with Gasteiger partial charge in [0.15, 0.2) is 5.83 Å².